The van der Waals surface area contributed by atoms with Crippen LogP contribution in [0.4, 0.5) is 9.59 Å². The molecule has 0 aromatic rings. The molecule has 442 valence electrons. The minimum absolute atomic E-state index is 0.00846. The summed E-state index contributed by atoms with van der Waals surface area (Å²) in [5.41, 5.74) is -1.40. The van der Waals surface area contributed by atoms with Crippen molar-refractivity contribution < 1.29 is 59.4 Å². The van der Waals surface area contributed by atoms with Crippen LogP contribution in [0, 0.1) is 33.0 Å². The third-order valence-electron chi connectivity index (χ3n) is 14.0. The van der Waals surface area contributed by atoms with E-state index >= 15 is 0 Å². The highest BCUT2D eigenvalue weighted by Crippen LogP contribution is 2.50. The number of carbonyl (C=O) groups excluding carboxylic acids is 5. The molecule has 76 heavy (non-hydrogen) atoms. The van der Waals surface area contributed by atoms with Crippen molar-refractivity contribution in [3.63, 3.8) is 0 Å². The molecule has 0 aliphatic heterocycles. The van der Waals surface area contributed by atoms with E-state index < -0.39 is 74.0 Å². The van der Waals surface area contributed by atoms with Gasteiger partial charge in [0, 0.05) is 36.9 Å². The molecular formula is C55H110N2O13Si6. The second-order valence-corrected chi connectivity index (χ2v) is 55.4. The van der Waals surface area contributed by atoms with Gasteiger partial charge in [-0.1, -0.05) is 61.0 Å². The Kier molecular flexibility index (Phi) is 26.0. The quantitative estimate of drug-likeness (QED) is 0.0213. The number of ether oxygens (including phenoxy) is 4. The number of amides is 2. The lowest BCUT2D eigenvalue weighted by atomic mass is 9.60. The lowest BCUT2D eigenvalue weighted by Crippen LogP contribution is -2.53. The van der Waals surface area contributed by atoms with Crippen LogP contribution in [0.3, 0.4) is 0 Å². The van der Waals surface area contributed by atoms with Gasteiger partial charge < -0.3 is 50.8 Å². The highest BCUT2D eigenvalue weighted by Gasteiger charge is 2.47. The maximum absolute atomic E-state index is 14.2. The molecule has 0 radical (unpaired) electrons. The van der Waals surface area contributed by atoms with Crippen molar-refractivity contribution in [2.75, 3.05) is 33.0 Å². The smallest absolute Gasteiger partial charge is 0.407 e. The van der Waals surface area contributed by atoms with E-state index in [1.54, 1.807) is 6.92 Å². The van der Waals surface area contributed by atoms with E-state index in [0.29, 0.717) is 45.1 Å². The van der Waals surface area contributed by atoms with Gasteiger partial charge in [0.15, 0.2) is 33.3 Å². The predicted octanol–water partition coefficient (Wildman–Crippen LogP) is 14.0. The Bertz CT molecular complexity index is 1850. The molecule has 2 saturated carbocycles. The van der Waals surface area contributed by atoms with Crippen molar-refractivity contribution in [2.45, 2.75) is 242 Å². The highest BCUT2D eigenvalue weighted by molar-refractivity contribution is 6.88. The summed E-state index contributed by atoms with van der Waals surface area (Å²) < 4.78 is 51.0. The first-order valence-electron chi connectivity index (χ1n) is 28.4. The molecule has 0 heterocycles. The number of nitrogens with one attached hydrogen (secondary N) is 2. The zero-order chi connectivity index (χ0) is 58.5. The maximum atomic E-state index is 14.2. The van der Waals surface area contributed by atoms with Crippen LogP contribution in [0.15, 0.2) is 12.7 Å². The molecule has 2 fully saturated rings. The molecule has 4 unspecified atom stereocenters. The van der Waals surface area contributed by atoms with Crippen LogP contribution in [0.2, 0.25) is 104 Å². The molecule has 2 rings (SSSR count). The molecule has 0 bridgehead atoms. The van der Waals surface area contributed by atoms with Gasteiger partial charge in [0.2, 0.25) is 0 Å². The molecule has 2 amide bonds. The van der Waals surface area contributed by atoms with E-state index in [4.69, 9.17) is 35.4 Å². The fourth-order valence-corrected chi connectivity index (χ4v) is 38.1. The Morgan fingerprint density at radius 3 is 1.50 bits per heavy atom. The molecule has 0 aromatic carbocycles. The van der Waals surface area contributed by atoms with Gasteiger partial charge in [-0.05, 0) is 196 Å². The molecule has 2 aliphatic rings. The standard InChI is InChI=1S/C55H110N2O13Si6/c1-23-47(59)63-30-31-64-48(60)34-45-35-51(3,4)40-54(8,36-45)41-56-49(61)65-42-55(27-24-32-75(21,67-71(9,10)11)68-72(12,13)14,28-25-33-76(22,69-73(15,16)17)70-74(18,19)20)43-66-50(62)57-46-37-52(5,6)39-53(7,38-46)29-26-44(2)58/h23,45-46H,1,24-43H2,2-22H3,(H,56,61)(H,57,62). The van der Waals surface area contributed by atoms with E-state index in [-0.39, 0.29) is 78.2 Å². The van der Waals surface area contributed by atoms with E-state index in [0.717, 1.165) is 56.7 Å². The minimum atomic E-state index is -2.69. The molecule has 21 heteroatoms. The average Bonchev–Trinajstić information content (AvgIpc) is 3.17. The topological polar surface area (TPSA) is 183 Å². The molecular weight excluding hydrogens is 1070 g/mol. The predicted molar refractivity (Wildman–Crippen MR) is 321 cm³/mol. The fourth-order valence-electron chi connectivity index (χ4n) is 13.0. The number of ketones is 1. The summed E-state index contributed by atoms with van der Waals surface area (Å²) in [6, 6.07) is 1.32. The summed E-state index contributed by atoms with van der Waals surface area (Å²) in [5, 5.41) is 6.38. The number of Topliss-reactive ketones (excluding diaryl/α,β-unsaturated/α-hetero) is 1. The second kappa shape index (κ2) is 28.1. The summed E-state index contributed by atoms with van der Waals surface area (Å²) in [6.45, 7) is 49.4. The lowest BCUT2D eigenvalue weighted by molar-refractivity contribution is -0.151. The van der Waals surface area contributed by atoms with Gasteiger partial charge in [-0.15, -0.1) is 0 Å². The van der Waals surface area contributed by atoms with Crippen LogP contribution < -0.4 is 10.6 Å². The third-order valence-corrected chi connectivity index (χ3v) is 33.3. The Morgan fingerprint density at radius 1 is 0.592 bits per heavy atom. The zero-order valence-corrected chi connectivity index (χ0v) is 57.9. The van der Waals surface area contributed by atoms with Gasteiger partial charge in [0.05, 0.1) is 0 Å². The van der Waals surface area contributed by atoms with Crippen LogP contribution in [-0.2, 0) is 49.8 Å². The Morgan fingerprint density at radius 2 is 1.04 bits per heavy atom. The van der Waals surface area contributed by atoms with Gasteiger partial charge >= 0.3 is 41.2 Å². The largest absolute Gasteiger partial charge is 0.462 e. The average molecular weight is 1180 g/mol. The van der Waals surface area contributed by atoms with E-state index in [2.05, 4.69) is 150 Å². The van der Waals surface area contributed by atoms with Crippen LogP contribution in [0.1, 0.15) is 132 Å². The first-order valence-corrected chi connectivity index (χ1v) is 47.0. The van der Waals surface area contributed by atoms with Gasteiger partial charge in [-0.2, -0.15) is 0 Å². The number of rotatable bonds is 32. The summed E-state index contributed by atoms with van der Waals surface area (Å²) in [4.78, 5) is 64.9. The van der Waals surface area contributed by atoms with Crippen molar-refractivity contribution in [3.8, 4) is 0 Å². The van der Waals surface area contributed by atoms with Gasteiger partial charge in [0.1, 0.15) is 32.2 Å². The fraction of sp³-hybridized carbons (Fsp3) is 0.873. The molecule has 4 atom stereocenters. The summed E-state index contributed by atoms with van der Waals surface area (Å²) in [6.07, 6.45) is 8.94. The van der Waals surface area contributed by atoms with Crippen molar-refractivity contribution in [2.24, 2.45) is 33.0 Å². The Hall–Kier alpha value is -1.97. The van der Waals surface area contributed by atoms with Crippen molar-refractivity contribution in [1.82, 2.24) is 10.6 Å². The van der Waals surface area contributed by atoms with Crippen LogP contribution in [0.5, 0.6) is 0 Å². The van der Waals surface area contributed by atoms with Crippen LogP contribution in [0.25, 0.3) is 0 Å². The number of hydrogen-bond acceptors (Lipinski definition) is 13. The van der Waals surface area contributed by atoms with Gasteiger partial charge in [-0.3, -0.25) is 4.79 Å². The first-order chi connectivity index (χ1) is 34.3. The van der Waals surface area contributed by atoms with Crippen LogP contribution >= 0.6 is 0 Å². The van der Waals surface area contributed by atoms with Crippen molar-refractivity contribution in [3.05, 3.63) is 12.7 Å². The number of carbonyl (C=O) groups is 5. The van der Waals surface area contributed by atoms with E-state index in [1.165, 1.54) is 0 Å². The molecule has 2 N–H and O–H groups in total. The highest BCUT2D eigenvalue weighted by atomic mass is 28.5. The van der Waals surface area contributed by atoms with Gasteiger partial charge in [0.25, 0.3) is 0 Å². The number of esters is 2. The molecule has 0 saturated heterocycles. The SMILES string of the molecule is C=CC(=O)OCCOC(=O)CC1CC(C)(C)CC(C)(CNC(=O)OCC(CCC[Si](C)(O[Si](C)(C)C)O[Si](C)(C)C)(CCC[Si](C)(O[Si](C)(C)C)O[Si](C)(C)C)COC(=O)NC2CC(C)(C)CC(C)(CCC(C)=O)C2)C1. The normalized spacial score (nSPS) is 22.5. The summed E-state index contributed by atoms with van der Waals surface area (Å²) in [7, 11) is -13.4. The maximum Gasteiger partial charge on any atom is 0.407 e. The van der Waals surface area contributed by atoms with Crippen molar-refractivity contribution >= 4 is 80.3 Å². The molecule has 15 nitrogen and oxygen atoms in total. The van der Waals surface area contributed by atoms with E-state index in [1.807, 2.05) is 0 Å². The van der Waals surface area contributed by atoms with Crippen molar-refractivity contribution in [1.29, 1.82) is 0 Å². The van der Waals surface area contributed by atoms with E-state index in [9.17, 15) is 24.0 Å². The molecule has 0 aromatic heterocycles. The summed E-state index contributed by atoms with van der Waals surface area (Å²) >= 11 is 0. The minimum Gasteiger partial charge on any atom is -0.462 e. The van der Waals surface area contributed by atoms with Gasteiger partial charge in [-0.25, -0.2) is 14.4 Å². The monoisotopic (exact) mass is 1170 g/mol. The second-order valence-electron chi connectivity index (χ2n) is 29.7. The molecule has 0 spiro atoms. The first kappa shape index (κ1) is 70.1. The summed E-state index contributed by atoms with van der Waals surface area (Å²) in [5.74, 6) is -0.731. The molecule has 2 aliphatic carbocycles. The Labute approximate surface area is 468 Å². The Balaban J connectivity index is 2.55. The number of alkyl carbamates (subject to hydrolysis) is 2. The van der Waals surface area contributed by atoms with Crippen LogP contribution in [-0.4, -0.2) is 119 Å². The number of hydrogen-bond donors (Lipinski definition) is 2. The zero-order valence-electron chi connectivity index (χ0n) is 51.9. The third kappa shape index (κ3) is 29.5. The lowest BCUT2D eigenvalue weighted by Gasteiger charge is -2.47.